The molecule has 0 aliphatic carbocycles. The number of piperidine rings is 1. The molecule has 0 saturated carbocycles. The minimum atomic E-state index is -4.25. The number of imidazole rings is 1. The molecule has 0 bridgehead atoms. The van der Waals surface area contributed by atoms with Crippen molar-refractivity contribution in [3.8, 4) is 6.07 Å². The third kappa shape index (κ3) is 5.37. The fraction of sp³-hybridized carbons (Fsp3) is 0.370. The molecule has 13 heteroatoms. The molecule has 5 aromatic heterocycles. The van der Waals surface area contributed by atoms with E-state index >= 15 is 0 Å². The van der Waals surface area contributed by atoms with Crippen molar-refractivity contribution in [1.29, 1.82) is 5.26 Å². The number of H-pyrrole nitrogens is 1. The minimum absolute atomic E-state index is 0.167. The zero-order valence-corrected chi connectivity index (χ0v) is 22.5. The Balaban J connectivity index is 1.12. The van der Waals surface area contributed by atoms with Crippen LogP contribution < -0.4 is 5.32 Å². The quantitative estimate of drug-likeness (QED) is 0.285. The highest BCUT2D eigenvalue weighted by atomic mass is 32.1. The molecule has 40 heavy (non-hydrogen) atoms. The predicted octanol–water partition coefficient (Wildman–Crippen LogP) is 5.01. The highest BCUT2D eigenvalue weighted by Gasteiger charge is 2.29. The number of aromatic amines is 1. The number of aryl methyl sites for hydroxylation is 1. The van der Waals surface area contributed by atoms with Gasteiger partial charge in [0.2, 0.25) is 0 Å². The number of hydrogen-bond donors (Lipinski definition) is 2. The standard InChI is InChI=1S/C27H26F3N9S/c1-16-18(2-7-39-23(8-17-12-34-35-13-17)22(11-31)37-25(16)39)14-38-5-3-19(4-6-38)36-24-21-9-20(10-27(28,29)30)40-26(21)33-15-32-24/h2,7,9,12-13,15,19H,3-6,8,10,14H2,1H3,(H,34,35)(H,32,33,36). The van der Waals surface area contributed by atoms with Crippen molar-refractivity contribution in [1.82, 2.24) is 34.4 Å². The van der Waals surface area contributed by atoms with Crippen molar-refractivity contribution in [2.24, 2.45) is 0 Å². The number of rotatable bonds is 7. The fourth-order valence-corrected chi connectivity index (χ4v) is 6.32. The predicted molar refractivity (Wildman–Crippen MR) is 145 cm³/mol. The van der Waals surface area contributed by atoms with Crippen molar-refractivity contribution >= 4 is 33.0 Å². The monoisotopic (exact) mass is 565 g/mol. The van der Waals surface area contributed by atoms with Crippen LogP contribution in [0.3, 0.4) is 0 Å². The van der Waals surface area contributed by atoms with Gasteiger partial charge in [0.15, 0.2) is 5.69 Å². The number of likely N-dealkylation sites (tertiary alicyclic amines) is 1. The van der Waals surface area contributed by atoms with E-state index < -0.39 is 12.6 Å². The maximum Gasteiger partial charge on any atom is 0.393 e. The molecule has 0 atom stereocenters. The molecular formula is C27H26F3N9S. The van der Waals surface area contributed by atoms with Gasteiger partial charge in [-0.2, -0.15) is 23.5 Å². The molecular weight excluding hydrogens is 539 g/mol. The van der Waals surface area contributed by atoms with E-state index in [1.165, 1.54) is 6.33 Å². The van der Waals surface area contributed by atoms with Crippen molar-refractivity contribution in [3.63, 3.8) is 0 Å². The van der Waals surface area contributed by atoms with Crippen LogP contribution in [0.2, 0.25) is 0 Å². The van der Waals surface area contributed by atoms with E-state index in [1.807, 2.05) is 23.7 Å². The van der Waals surface area contributed by atoms with Crippen LogP contribution in [0.1, 0.15) is 45.8 Å². The molecule has 1 saturated heterocycles. The summed E-state index contributed by atoms with van der Waals surface area (Å²) in [6.45, 7) is 4.54. The Morgan fingerprint density at radius 1 is 1.25 bits per heavy atom. The van der Waals surface area contributed by atoms with Crippen molar-refractivity contribution < 1.29 is 13.2 Å². The Labute approximate surface area is 231 Å². The first-order valence-corrected chi connectivity index (χ1v) is 13.8. The van der Waals surface area contributed by atoms with E-state index in [1.54, 1.807) is 12.3 Å². The van der Waals surface area contributed by atoms with Crippen molar-refractivity contribution in [2.45, 2.75) is 51.4 Å². The number of nitriles is 1. The van der Waals surface area contributed by atoms with Crippen LogP contribution in [-0.4, -0.2) is 59.8 Å². The first kappa shape index (κ1) is 26.2. The molecule has 0 amide bonds. The molecule has 0 unspecified atom stereocenters. The van der Waals surface area contributed by atoms with Crippen LogP contribution in [-0.2, 0) is 19.4 Å². The van der Waals surface area contributed by atoms with Gasteiger partial charge in [-0.25, -0.2) is 15.0 Å². The summed E-state index contributed by atoms with van der Waals surface area (Å²) >= 11 is 1.06. The Bertz CT molecular complexity index is 1690. The highest BCUT2D eigenvalue weighted by Crippen LogP contribution is 2.33. The van der Waals surface area contributed by atoms with Crippen molar-refractivity contribution in [2.75, 3.05) is 18.4 Å². The van der Waals surface area contributed by atoms with E-state index in [0.29, 0.717) is 28.1 Å². The van der Waals surface area contributed by atoms with Gasteiger partial charge in [0.05, 0.1) is 23.7 Å². The van der Waals surface area contributed by atoms with Crippen LogP contribution in [0.15, 0.2) is 37.1 Å². The zero-order valence-electron chi connectivity index (χ0n) is 21.7. The largest absolute Gasteiger partial charge is 0.393 e. The fourth-order valence-electron chi connectivity index (χ4n) is 5.30. The van der Waals surface area contributed by atoms with Gasteiger partial charge in [-0.3, -0.25) is 10.00 Å². The first-order chi connectivity index (χ1) is 19.3. The van der Waals surface area contributed by atoms with Crippen LogP contribution in [0.5, 0.6) is 0 Å². The number of nitrogens with zero attached hydrogens (tertiary/aromatic N) is 7. The molecule has 6 rings (SSSR count). The maximum absolute atomic E-state index is 12.9. The average Bonchev–Trinajstić information content (AvgIpc) is 3.66. The minimum Gasteiger partial charge on any atom is -0.367 e. The van der Waals surface area contributed by atoms with E-state index in [-0.39, 0.29) is 10.9 Å². The Hall–Kier alpha value is -4.02. The van der Waals surface area contributed by atoms with Gasteiger partial charge in [-0.05, 0) is 48.6 Å². The number of alkyl halides is 3. The summed E-state index contributed by atoms with van der Waals surface area (Å²) < 4.78 is 40.6. The second-order valence-corrected chi connectivity index (χ2v) is 11.2. The van der Waals surface area contributed by atoms with E-state index in [0.717, 1.165) is 71.8 Å². The van der Waals surface area contributed by atoms with E-state index in [4.69, 9.17) is 0 Å². The first-order valence-electron chi connectivity index (χ1n) is 12.9. The Kier molecular flexibility index (Phi) is 6.89. The lowest BCUT2D eigenvalue weighted by Gasteiger charge is -2.33. The maximum atomic E-state index is 12.9. The zero-order chi connectivity index (χ0) is 27.9. The molecule has 1 aliphatic heterocycles. The third-order valence-corrected chi connectivity index (χ3v) is 8.40. The Morgan fingerprint density at radius 3 is 2.80 bits per heavy atom. The van der Waals surface area contributed by atoms with E-state index in [2.05, 4.69) is 47.5 Å². The second kappa shape index (κ2) is 10.5. The molecule has 2 N–H and O–H groups in total. The number of fused-ring (bicyclic) bond motifs is 2. The summed E-state index contributed by atoms with van der Waals surface area (Å²) in [4.78, 5) is 16.3. The van der Waals surface area contributed by atoms with Gasteiger partial charge < -0.3 is 9.72 Å². The normalized spacial score (nSPS) is 15.2. The average molecular weight is 566 g/mol. The summed E-state index contributed by atoms with van der Waals surface area (Å²) in [5.41, 5.74) is 5.25. The Morgan fingerprint density at radius 2 is 2.08 bits per heavy atom. The lowest BCUT2D eigenvalue weighted by molar-refractivity contribution is -0.126. The molecule has 1 fully saturated rings. The molecule has 0 spiro atoms. The number of halogens is 3. The smallest absolute Gasteiger partial charge is 0.367 e. The van der Waals surface area contributed by atoms with Crippen LogP contribution >= 0.6 is 11.3 Å². The summed E-state index contributed by atoms with van der Waals surface area (Å²) in [5.74, 6) is 0.591. The summed E-state index contributed by atoms with van der Waals surface area (Å²) in [6.07, 6.45) is 4.07. The number of hydrogen-bond acceptors (Lipinski definition) is 8. The molecule has 0 aromatic carbocycles. The number of pyridine rings is 1. The topological polar surface area (TPSA) is 111 Å². The SMILES string of the molecule is Cc1c(CN2CCC(Nc3ncnc4sc(CC(F)(F)F)cc34)CC2)ccn2c(Cc3cn[nH]c3)c(C#N)nc12. The van der Waals surface area contributed by atoms with Gasteiger partial charge in [0.1, 0.15) is 28.7 Å². The van der Waals surface area contributed by atoms with Crippen LogP contribution in [0, 0.1) is 18.3 Å². The highest BCUT2D eigenvalue weighted by molar-refractivity contribution is 7.18. The summed E-state index contributed by atoms with van der Waals surface area (Å²) in [6, 6.07) is 6.05. The summed E-state index contributed by atoms with van der Waals surface area (Å²) in [5, 5.41) is 20.6. The van der Waals surface area contributed by atoms with Gasteiger partial charge >= 0.3 is 6.18 Å². The van der Waals surface area contributed by atoms with Gasteiger partial charge in [-0.1, -0.05) is 0 Å². The molecule has 6 heterocycles. The summed E-state index contributed by atoms with van der Waals surface area (Å²) in [7, 11) is 0. The number of aromatic nitrogens is 6. The number of anilines is 1. The molecule has 206 valence electrons. The number of thiophene rings is 1. The lowest BCUT2D eigenvalue weighted by Crippen LogP contribution is -2.39. The molecule has 5 aromatic rings. The van der Waals surface area contributed by atoms with Crippen molar-refractivity contribution in [3.05, 3.63) is 70.0 Å². The van der Waals surface area contributed by atoms with Gasteiger partial charge in [0.25, 0.3) is 0 Å². The lowest BCUT2D eigenvalue weighted by atomic mass is 10.0. The van der Waals surface area contributed by atoms with Gasteiger partial charge in [-0.15, -0.1) is 11.3 Å². The van der Waals surface area contributed by atoms with Crippen LogP contribution in [0.4, 0.5) is 19.0 Å². The van der Waals surface area contributed by atoms with Gasteiger partial charge in [0, 0.05) is 49.4 Å². The second-order valence-electron chi connectivity index (χ2n) is 10.1. The molecule has 9 nitrogen and oxygen atoms in total. The van der Waals surface area contributed by atoms with E-state index in [9.17, 15) is 18.4 Å². The third-order valence-electron chi connectivity index (χ3n) is 7.36. The number of nitrogens with one attached hydrogen (secondary N) is 2. The molecule has 1 aliphatic rings. The van der Waals surface area contributed by atoms with Crippen LogP contribution in [0.25, 0.3) is 15.9 Å². The molecule has 0 radical (unpaired) electrons.